The van der Waals surface area contributed by atoms with Crippen molar-refractivity contribution in [2.24, 2.45) is 5.10 Å². The summed E-state index contributed by atoms with van der Waals surface area (Å²) in [5.74, 6) is 1.77. The molecule has 4 rings (SSSR count). The Bertz CT molecular complexity index is 1120. The first-order valence-corrected chi connectivity index (χ1v) is 9.87. The van der Waals surface area contributed by atoms with E-state index < -0.39 is 0 Å². The van der Waals surface area contributed by atoms with Crippen molar-refractivity contribution < 1.29 is 19.0 Å². The third-order valence-electron chi connectivity index (χ3n) is 4.60. The SMILES string of the molecule is CC(/C=C/c1ccc2c(c1)OCO2)=NNC(=O)COc1ccccc1-c1ccccc1. The van der Waals surface area contributed by atoms with E-state index in [1.165, 1.54) is 0 Å². The van der Waals surface area contributed by atoms with Crippen LogP contribution in [-0.4, -0.2) is 25.0 Å². The van der Waals surface area contributed by atoms with Crippen LogP contribution in [0.3, 0.4) is 0 Å². The Kier molecular flexibility index (Phi) is 6.28. The topological polar surface area (TPSA) is 69.2 Å². The normalized spacial score (nSPS) is 12.7. The molecule has 0 saturated heterocycles. The molecule has 0 radical (unpaired) electrons. The Morgan fingerprint density at radius 3 is 2.68 bits per heavy atom. The summed E-state index contributed by atoms with van der Waals surface area (Å²) in [5, 5.41) is 4.10. The summed E-state index contributed by atoms with van der Waals surface area (Å²) in [4.78, 5) is 12.2. The molecule has 156 valence electrons. The molecule has 1 aliphatic rings. The van der Waals surface area contributed by atoms with Gasteiger partial charge in [0.15, 0.2) is 18.1 Å². The fraction of sp³-hybridized carbons (Fsp3) is 0.120. The minimum atomic E-state index is -0.335. The molecule has 0 atom stereocenters. The maximum absolute atomic E-state index is 12.2. The maximum atomic E-state index is 12.2. The highest BCUT2D eigenvalue weighted by atomic mass is 16.7. The highest BCUT2D eigenvalue weighted by molar-refractivity contribution is 5.97. The number of nitrogens with zero attached hydrogens (tertiary/aromatic N) is 1. The molecule has 1 aliphatic heterocycles. The van der Waals surface area contributed by atoms with Crippen molar-refractivity contribution in [3.05, 3.63) is 84.4 Å². The molecule has 0 saturated carbocycles. The van der Waals surface area contributed by atoms with Crippen molar-refractivity contribution in [1.82, 2.24) is 5.43 Å². The van der Waals surface area contributed by atoms with Gasteiger partial charge in [-0.3, -0.25) is 4.79 Å². The number of carbonyl (C=O) groups is 1. The third kappa shape index (κ3) is 5.30. The molecular weight excluding hydrogens is 392 g/mol. The lowest BCUT2D eigenvalue weighted by atomic mass is 10.1. The van der Waals surface area contributed by atoms with Gasteiger partial charge in [-0.15, -0.1) is 0 Å². The lowest BCUT2D eigenvalue weighted by Crippen LogP contribution is -2.25. The minimum absolute atomic E-state index is 0.132. The van der Waals surface area contributed by atoms with Gasteiger partial charge in [-0.25, -0.2) is 5.43 Å². The second-order valence-corrected chi connectivity index (χ2v) is 6.89. The van der Waals surface area contributed by atoms with Gasteiger partial charge >= 0.3 is 0 Å². The van der Waals surface area contributed by atoms with Crippen molar-refractivity contribution in [2.45, 2.75) is 6.92 Å². The quantitative estimate of drug-likeness (QED) is 0.451. The zero-order valence-corrected chi connectivity index (χ0v) is 17.1. The van der Waals surface area contributed by atoms with Crippen molar-refractivity contribution in [1.29, 1.82) is 0 Å². The van der Waals surface area contributed by atoms with Crippen molar-refractivity contribution in [3.8, 4) is 28.4 Å². The molecule has 0 bridgehead atoms. The fourth-order valence-corrected chi connectivity index (χ4v) is 3.05. The van der Waals surface area contributed by atoms with Crippen LogP contribution in [0.2, 0.25) is 0 Å². The number of ether oxygens (including phenoxy) is 3. The fourth-order valence-electron chi connectivity index (χ4n) is 3.05. The van der Waals surface area contributed by atoms with Crippen LogP contribution in [0.4, 0.5) is 0 Å². The van der Waals surface area contributed by atoms with Crippen LogP contribution in [0.25, 0.3) is 17.2 Å². The molecular formula is C25H22N2O4. The molecule has 6 heteroatoms. The van der Waals surface area contributed by atoms with E-state index in [-0.39, 0.29) is 19.3 Å². The first kappa shape index (κ1) is 20.2. The Hall–Kier alpha value is -4.06. The Balaban J connectivity index is 1.32. The molecule has 3 aromatic carbocycles. The number of fused-ring (bicyclic) bond motifs is 1. The second-order valence-electron chi connectivity index (χ2n) is 6.89. The number of amides is 1. The van der Waals surface area contributed by atoms with Crippen LogP contribution in [0.5, 0.6) is 17.2 Å². The van der Waals surface area contributed by atoms with E-state index in [9.17, 15) is 4.79 Å². The molecule has 3 aromatic rings. The summed E-state index contributed by atoms with van der Waals surface area (Å²) in [6.45, 7) is 1.91. The first-order chi connectivity index (χ1) is 15.2. The van der Waals surface area contributed by atoms with E-state index in [0.29, 0.717) is 11.5 Å². The van der Waals surface area contributed by atoms with E-state index in [1.807, 2.05) is 84.9 Å². The summed E-state index contributed by atoms with van der Waals surface area (Å²) in [7, 11) is 0. The average Bonchev–Trinajstić information content (AvgIpc) is 3.29. The Morgan fingerprint density at radius 1 is 1.03 bits per heavy atom. The number of rotatable bonds is 7. The van der Waals surface area contributed by atoms with E-state index in [1.54, 1.807) is 6.92 Å². The van der Waals surface area contributed by atoms with Crippen molar-refractivity contribution >= 4 is 17.7 Å². The zero-order chi connectivity index (χ0) is 21.5. The van der Waals surface area contributed by atoms with Gasteiger partial charge in [-0.05, 0) is 42.3 Å². The molecule has 1 N–H and O–H groups in total. The molecule has 6 nitrogen and oxygen atoms in total. The molecule has 1 heterocycles. The minimum Gasteiger partial charge on any atom is -0.483 e. The maximum Gasteiger partial charge on any atom is 0.277 e. The predicted octanol–water partition coefficient (Wildman–Crippen LogP) is 4.67. The molecule has 0 unspecified atom stereocenters. The molecule has 31 heavy (non-hydrogen) atoms. The summed E-state index contributed by atoms with van der Waals surface area (Å²) in [5.41, 5.74) is 6.08. The van der Waals surface area contributed by atoms with Gasteiger partial charge in [-0.1, -0.05) is 60.7 Å². The van der Waals surface area contributed by atoms with Gasteiger partial charge in [0.2, 0.25) is 6.79 Å². The van der Waals surface area contributed by atoms with Gasteiger partial charge in [0, 0.05) is 5.56 Å². The highest BCUT2D eigenvalue weighted by Crippen LogP contribution is 2.33. The Labute approximate surface area is 180 Å². The number of nitrogens with one attached hydrogen (secondary N) is 1. The summed E-state index contributed by atoms with van der Waals surface area (Å²) in [6.07, 6.45) is 3.70. The predicted molar refractivity (Wildman–Crippen MR) is 120 cm³/mol. The van der Waals surface area contributed by atoms with Crippen molar-refractivity contribution in [2.75, 3.05) is 13.4 Å². The van der Waals surface area contributed by atoms with Crippen LogP contribution in [0.1, 0.15) is 12.5 Å². The zero-order valence-electron chi connectivity index (χ0n) is 17.1. The number of hydrogen-bond acceptors (Lipinski definition) is 5. The van der Waals surface area contributed by atoms with Crippen LogP contribution in [-0.2, 0) is 4.79 Å². The summed E-state index contributed by atoms with van der Waals surface area (Å²) < 4.78 is 16.4. The number of hydrogen-bond donors (Lipinski definition) is 1. The van der Waals surface area contributed by atoms with Crippen LogP contribution in [0, 0.1) is 0 Å². The van der Waals surface area contributed by atoms with Gasteiger partial charge in [0.25, 0.3) is 5.91 Å². The van der Waals surface area contributed by atoms with Crippen LogP contribution < -0.4 is 19.6 Å². The van der Waals surface area contributed by atoms with Crippen LogP contribution in [0.15, 0.2) is 84.0 Å². The molecule has 0 spiro atoms. The average molecular weight is 414 g/mol. The first-order valence-electron chi connectivity index (χ1n) is 9.87. The molecule has 1 amide bonds. The number of benzene rings is 3. The largest absolute Gasteiger partial charge is 0.483 e. The summed E-state index contributed by atoms with van der Waals surface area (Å²) in [6, 6.07) is 23.2. The molecule has 0 aromatic heterocycles. The Morgan fingerprint density at radius 2 is 1.81 bits per heavy atom. The smallest absolute Gasteiger partial charge is 0.277 e. The van der Waals surface area contributed by atoms with E-state index in [4.69, 9.17) is 14.2 Å². The molecule has 0 aliphatic carbocycles. The van der Waals surface area contributed by atoms with E-state index >= 15 is 0 Å². The van der Waals surface area contributed by atoms with Gasteiger partial charge in [0.05, 0.1) is 5.71 Å². The van der Waals surface area contributed by atoms with Gasteiger partial charge in [-0.2, -0.15) is 5.10 Å². The third-order valence-corrected chi connectivity index (χ3v) is 4.60. The lowest BCUT2D eigenvalue weighted by Gasteiger charge is -2.11. The van der Waals surface area contributed by atoms with Gasteiger partial charge < -0.3 is 14.2 Å². The monoisotopic (exact) mass is 414 g/mol. The van der Waals surface area contributed by atoms with Gasteiger partial charge in [0.1, 0.15) is 5.75 Å². The molecule has 0 fully saturated rings. The number of hydrazone groups is 1. The summed E-state index contributed by atoms with van der Waals surface area (Å²) >= 11 is 0. The van der Waals surface area contributed by atoms with E-state index in [0.717, 1.165) is 28.2 Å². The standard InChI is InChI=1S/C25H22N2O4/c1-18(11-12-19-13-14-23-24(15-19)31-17-30-23)26-27-25(28)16-29-22-10-6-5-9-21(22)20-7-3-2-4-8-20/h2-15H,16-17H2,1H3,(H,27,28)/b12-11+,26-18?. The number of carbonyl (C=O) groups excluding carboxylic acids is 1. The van der Waals surface area contributed by atoms with E-state index in [2.05, 4.69) is 10.5 Å². The van der Waals surface area contributed by atoms with Crippen molar-refractivity contribution in [3.63, 3.8) is 0 Å². The lowest BCUT2D eigenvalue weighted by molar-refractivity contribution is -0.123. The van der Waals surface area contributed by atoms with Crippen LogP contribution >= 0.6 is 0 Å². The number of para-hydroxylation sites is 1. The highest BCUT2D eigenvalue weighted by Gasteiger charge is 2.12. The second kappa shape index (κ2) is 9.63. The number of allylic oxidation sites excluding steroid dienone is 1.